The zero-order chi connectivity index (χ0) is 17.4. The first-order valence-corrected chi connectivity index (χ1v) is 8.22. The molecule has 4 rings (SSSR count). The first-order chi connectivity index (χ1) is 12.1. The summed E-state index contributed by atoms with van der Waals surface area (Å²) in [7, 11) is 0. The molecule has 1 saturated heterocycles. The van der Waals surface area contributed by atoms with E-state index in [0.29, 0.717) is 46.1 Å². The lowest BCUT2D eigenvalue weighted by molar-refractivity contribution is 0.0569. The fourth-order valence-corrected chi connectivity index (χ4v) is 3.04. The van der Waals surface area contributed by atoms with E-state index in [9.17, 15) is 4.79 Å². The summed E-state index contributed by atoms with van der Waals surface area (Å²) >= 11 is 11.9. The van der Waals surface area contributed by atoms with Crippen LogP contribution in [-0.2, 0) is 0 Å². The van der Waals surface area contributed by atoms with Gasteiger partial charge in [0.05, 0.1) is 22.7 Å². The molecule has 0 bridgehead atoms. The third-order valence-corrected chi connectivity index (χ3v) is 4.46. The summed E-state index contributed by atoms with van der Waals surface area (Å²) in [5, 5.41) is 4.74. The Morgan fingerprint density at radius 2 is 2.08 bits per heavy atom. The van der Waals surface area contributed by atoms with Crippen molar-refractivity contribution in [3.05, 3.63) is 58.3 Å². The number of benzene rings is 1. The minimum atomic E-state index is -0.147. The van der Waals surface area contributed by atoms with Gasteiger partial charge in [0.1, 0.15) is 5.69 Å². The van der Waals surface area contributed by atoms with Crippen LogP contribution >= 0.6 is 23.2 Å². The number of nitrogens with zero attached hydrogens (tertiary/aromatic N) is 5. The van der Waals surface area contributed by atoms with Gasteiger partial charge in [-0.1, -0.05) is 28.4 Å². The molecule has 9 heteroatoms. The molecule has 3 aromatic rings. The van der Waals surface area contributed by atoms with Crippen LogP contribution in [0, 0.1) is 0 Å². The van der Waals surface area contributed by atoms with E-state index in [0.717, 1.165) is 0 Å². The van der Waals surface area contributed by atoms with E-state index in [1.165, 1.54) is 0 Å². The number of likely N-dealkylation sites (tertiary alicyclic amines) is 1. The number of halogens is 2. The summed E-state index contributed by atoms with van der Waals surface area (Å²) < 4.78 is 5.29. The molecule has 0 aliphatic carbocycles. The quantitative estimate of drug-likeness (QED) is 0.699. The van der Waals surface area contributed by atoms with Crippen LogP contribution in [0.2, 0.25) is 10.0 Å². The smallest absolute Gasteiger partial charge is 0.255 e. The fourth-order valence-electron chi connectivity index (χ4n) is 2.55. The lowest BCUT2D eigenvalue weighted by atomic mass is 9.98. The van der Waals surface area contributed by atoms with E-state index in [4.69, 9.17) is 27.7 Å². The normalized spacial score (nSPS) is 14.4. The van der Waals surface area contributed by atoms with Crippen LogP contribution in [0.1, 0.15) is 22.2 Å². The second-order valence-corrected chi connectivity index (χ2v) is 6.42. The maximum Gasteiger partial charge on any atom is 0.255 e. The van der Waals surface area contributed by atoms with Gasteiger partial charge in [0.2, 0.25) is 11.7 Å². The van der Waals surface area contributed by atoms with E-state index in [1.807, 2.05) is 0 Å². The zero-order valence-electron chi connectivity index (χ0n) is 12.8. The molecule has 1 aliphatic rings. The van der Waals surface area contributed by atoms with Gasteiger partial charge in [-0.15, -0.1) is 0 Å². The maximum atomic E-state index is 12.5. The Labute approximate surface area is 152 Å². The summed E-state index contributed by atoms with van der Waals surface area (Å²) in [4.78, 5) is 26.6. The van der Waals surface area contributed by atoms with Crippen molar-refractivity contribution in [3.8, 4) is 11.5 Å². The molecule has 1 aliphatic heterocycles. The number of amides is 1. The number of hydrogen-bond acceptors (Lipinski definition) is 6. The number of carbonyl (C=O) groups is 1. The monoisotopic (exact) mass is 375 g/mol. The van der Waals surface area contributed by atoms with Crippen molar-refractivity contribution >= 4 is 29.1 Å². The average molecular weight is 376 g/mol. The molecule has 3 heterocycles. The van der Waals surface area contributed by atoms with Crippen LogP contribution in [0.25, 0.3) is 11.5 Å². The topological polar surface area (TPSA) is 85.0 Å². The van der Waals surface area contributed by atoms with Crippen molar-refractivity contribution < 1.29 is 9.32 Å². The van der Waals surface area contributed by atoms with Gasteiger partial charge in [0, 0.05) is 30.5 Å². The van der Waals surface area contributed by atoms with Crippen molar-refractivity contribution in [3.63, 3.8) is 0 Å². The highest BCUT2D eigenvalue weighted by Crippen LogP contribution is 2.30. The summed E-state index contributed by atoms with van der Waals surface area (Å²) in [6.45, 7) is 0.972. The van der Waals surface area contributed by atoms with E-state index in [-0.39, 0.29) is 11.8 Å². The van der Waals surface area contributed by atoms with Gasteiger partial charge in [0.25, 0.3) is 5.91 Å². The Balaban J connectivity index is 1.44. The molecular weight excluding hydrogens is 365 g/mol. The number of aromatic nitrogens is 4. The highest BCUT2D eigenvalue weighted by atomic mass is 35.5. The molecule has 0 N–H and O–H groups in total. The van der Waals surface area contributed by atoms with E-state index in [1.54, 1.807) is 41.7 Å². The van der Waals surface area contributed by atoms with Gasteiger partial charge in [0.15, 0.2) is 0 Å². The Bertz CT molecular complexity index is 925. The van der Waals surface area contributed by atoms with E-state index >= 15 is 0 Å². The predicted octanol–water partition coefficient (Wildman–Crippen LogP) is 3.07. The zero-order valence-corrected chi connectivity index (χ0v) is 14.3. The van der Waals surface area contributed by atoms with Crippen LogP contribution in [-0.4, -0.2) is 44.0 Å². The molecule has 0 unspecified atom stereocenters. The first-order valence-electron chi connectivity index (χ1n) is 7.46. The predicted molar refractivity (Wildman–Crippen MR) is 90.4 cm³/mol. The highest BCUT2D eigenvalue weighted by molar-refractivity contribution is 6.36. The van der Waals surface area contributed by atoms with Gasteiger partial charge in [-0.3, -0.25) is 9.78 Å². The average Bonchev–Trinajstić information content (AvgIpc) is 3.04. The lowest BCUT2D eigenvalue weighted by Gasteiger charge is -2.37. The molecule has 0 spiro atoms. The second-order valence-electron chi connectivity index (χ2n) is 5.58. The third kappa shape index (κ3) is 3.08. The van der Waals surface area contributed by atoms with Gasteiger partial charge < -0.3 is 9.42 Å². The molecular formula is C16H11Cl2N5O2. The second kappa shape index (κ2) is 6.42. The summed E-state index contributed by atoms with van der Waals surface area (Å²) in [6.07, 6.45) is 4.69. The molecule has 1 amide bonds. The van der Waals surface area contributed by atoms with Crippen molar-refractivity contribution in [1.82, 2.24) is 25.0 Å². The molecule has 0 atom stereocenters. The minimum absolute atomic E-state index is 0.00653. The molecule has 126 valence electrons. The van der Waals surface area contributed by atoms with Gasteiger partial charge in [-0.05, 0) is 18.2 Å². The fraction of sp³-hybridized carbons (Fsp3) is 0.188. The lowest BCUT2D eigenvalue weighted by Crippen LogP contribution is -2.48. The highest BCUT2D eigenvalue weighted by Gasteiger charge is 2.36. The number of carbonyl (C=O) groups excluding carboxylic acids is 1. The molecule has 0 saturated carbocycles. The number of hydrogen-bond donors (Lipinski definition) is 0. The largest absolute Gasteiger partial charge is 0.338 e. The van der Waals surface area contributed by atoms with Crippen LogP contribution in [0.5, 0.6) is 0 Å². The molecule has 2 aromatic heterocycles. The van der Waals surface area contributed by atoms with Crippen molar-refractivity contribution in [1.29, 1.82) is 0 Å². The molecule has 1 aromatic carbocycles. The molecule has 7 nitrogen and oxygen atoms in total. The molecule has 1 fully saturated rings. The van der Waals surface area contributed by atoms with Gasteiger partial charge >= 0.3 is 0 Å². The Hall–Kier alpha value is -2.51. The molecule has 25 heavy (non-hydrogen) atoms. The van der Waals surface area contributed by atoms with E-state index in [2.05, 4.69) is 20.1 Å². The summed E-state index contributed by atoms with van der Waals surface area (Å²) in [5.74, 6) is 0.708. The Morgan fingerprint density at radius 3 is 2.80 bits per heavy atom. The van der Waals surface area contributed by atoms with Gasteiger partial charge in [-0.25, -0.2) is 4.98 Å². The van der Waals surface area contributed by atoms with Crippen molar-refractivity contribution in [2.45, 2.75) is 5.92 Å². The molecule has 0 radical (unpaired) electrons. The van der Waals surface area contributed by atoms with E-state index < -0.39 is 0 Å². The first kappa shape index (κ1) is 16.0. The standard InChI is InChI=1S/C16H11Cl2N5O2/c17-10-1-2-11(12(18)5-10)16(24)23-7-9(8-23)15-21-14(22-25-15)13-6-19-3-4-20-13/h1-6,9H,7-8H2. The minimum Gasteiger partial charge on any atom is -0.338 e. The van der Waals surface area contributed by atoms with Crippen LogP contribution < -0.4 is 0 Å². The summed E-state index contributed by atoms with van der Waals surface area (Å²) in [6, 6.07) is 4.82. The van der Waals surface area contributed by atoms with Crippen LogP contribution in [0.3, 0.4) is 0 Å². The summed E-state index contributed by atoms with van der Waals surface area (Å²) in [5.41, 5.74) is 0.966. The van der Waals surface area contributed by atoms with Crippen molar-refractivity contribution in [2.24, 2.45) is 0 Å². The number of rotatable bonds is 3. The SMILES string of the molecule is O=C(c1ccc(Cl)cc1Cl)N1CC(c2nc(-c3cnccn3)no2)C1. The van der Waals surface area contributed by atoms with Gasteiger partial charge in [-0.2, -0.15) is 4.98 Å². The van der Waals surface area contributed by atoms with Crippen molar-refractivity contribution in [2.75, 3.05) is 13.1 Å². The maximum absolute atomic E-state index is 12.5. The van der Waals surface area contributed by atoms with Crippen LogP contribution in [0.4, 0.5) is 0 Å². The third-order valence-electron chi connectivity index (χ3n) is 3.91. The Morgan fingerprint density at radius 1 is 1.24 bits per heavy atom. The Kier molecular flexibility index (Phi) is 4.10. The van der Waals surface area contributed by atoms with Crippen LogP contribution in [0.15, 0.2) is 41.3 Å².